The summed E-state index contributed by atoms with van der Waals surface area (Å²) in [6.45, 7) is 5.33. The Hall–Kier alpha value is -1.46. The number of hydroxylamine groups is 1. The topological polar surface area (TPSA) is 53.4 Å². The molecule has 0 atom stereocenters. The summed E-state index contributed by atoms with van der Waals surface area (Å²) >= 11 is 1.30. The van der Waals surface area contributed by atoms with Crippen LogP contribution in [0, 0.1) is 13.8 Å². The smallest absolute Gasteiger partial charge is 0.249 e. The minimum absolute atomic E-state index is 0.313. The molecule has 16 heavy (non-hydrogen) atoms. The number of aromatic nitrogens is 1. The van der Waals surface area contributed by atoms with Crippen LogP contribution in [0.1, 0.15) is 18.1 Å². The first-order chi connectivity index (χ1) is 7.49. The van der Waals surface area contributed by atoms with Gasteiger partial charge in [0.2, 0.25) is 11.0 Å². The molecular formula is C11H12N2O2S. The maximum absolute atomic E-state index is 11.0. The molecule has 0 aliphatic carbocycles. The Balaban J connectivity index is 2.56. The number of thiazole rings is 1. The number of hydrogen-bond donors (Lipinski definition) is 1. The molecule has 4 nitrogen and oxygen atoms in total. The lowest BCUT2D eigenvalue weighted by Crippen LogP contribution is -2.23. The molecule has 0 saturated heterocycles. The van der Waals surface area contributed by atoms with Crippen LogP contribution in [0.25, 0.3) is 10.2 Å². The predicted molar refractivity (Wildman–Crippen MR) is 64.0 cm³/mol. The number of carbonyl (C=O) groups excluding carboxylic acids is 1. The second kappa shape index (κ2) is 3.84. The van der Waals surface area contributed by atoms with Crippen LogP contribution in [-0.4, -0.2) is 16.1 Å². The molecular weight excluding hydrogens is 224 g/mol. The number of carbonyl (C=O) groups is 1. The minimum atomic E-state index is -0.437. The third-order valence-corrected chi connectivity index (χ3v) is 3.47. The predicted octanol–water partition coefficient (Wildman–Crippen LogP) is 2.66. The number of hydrogen-bond acceptors (Lipinski definition) is 4. The van der Waals surface area contributed by atoms with Gasteiger partial charge in [-0.15, -0.1) is 0 Å². The molecule has 0 aliphatic heterocycles. The highest BCUT2D eigenvalue weighted by atomic mass is 32.1. The number of anilines is 1. The molecule has 0 bridgehead atoms. The van der Waals surface area contributed by atoms with Crippen molar-refractivity contribution in [2.45, 2.75) is 20.8 Å². The molecule has 0 unspecified atom stereocenters. The van der Waals surface area contributed by atoms with Crippen LogP contribution in [0.4, 0.5) is 5.13 Å². The lowest BCUT2D eigenvalue weighted by atomic mass is 10.1. The van der Waals surface area contributed by atoms with Crippen LogP contribution >= 0.6 is 11.3 Å². The number of fused-ring (bicyclic) bond motifs is 1. The SMILES string of the molecule is CC(=O)N(O)c1nc2cc(C)c(C)cc2s1. The average molecular weight is 236 g/mol. The van der Waals surface area contributed by atoms with Crippen LogP contribution in [0.5, 0.6) is 0 Å². The van der Waals surface area contributed by atoms with E-state index >= 15 is 0 Å². The zero-order valence-electron chi connectivity index (χ0n) is 9.31. The normalized spacial score (nSPS) is 10.8. The van der Waals surface area contributed by atoms with Gasteiger partial charge in [-0.25, -0.2) is 4.98 Å². The number of benzene rings is 1. The summed E-state index contributed by atoms with van der Waals surface area (Å²) in [5, 5.41) is 10.4. The molecule has 2 aromatic rings. The van der Waals surface area contributed by atoms with Gasteiger partial charge in [0.05, 0.1) is 10.2 Å². The quantitative estimate of drug-likeness (QED) is 0.611. The Bertz CT molecular complexity index is 523. The summed E-state index contributed by atoms with van der Waals surface area (Å²) in [5.74, 6) is -0.437. The number of amides is 1. The Morgan fingerprint density at radius 2 is 2.00 bits per heavy atom. The third kappa shape index (κ3) is 1.79. The summed E-state index contributed by atoms with van der Waals surface area (Å²) in [7, 11) is 0. The molecule has 0 aliphatic rings. The van der Waals surface area contributed by atoms with Crippen LogP contribution in [0.2, 0.25) is 0 Å². The average Bonchev–Trinajstić information content (AvgIpc) is 2.60. The Kier molecular flexibility index (Phi) is 2.65. The molecule has 1 aromatic carbocycles. The first-order valence-corrected chi connectivity index (χ1v) is 5.68. The molecule has 0 radical (unpaired) electrons. The summed E-state index contributed by atoms with van der Waals surface area (Å²) in [5.41, 5.74) is 3.13. The van der Waals surface area contributed by atoms with E-state index in [4.69, 9.17) is 0 Å². The second-order valence-corrected chi connectivity index (χ2v) is 4.74. The van der Waals surface area contributed by atoms with Crippen molar-refractivity contribution in [3.05, 3.63) is 23.3 Å². The molecule has 1 heterocycles. The first kappa shape index (κ1) is 11.0. The van der Waals surface area contributed by atoms with Crippen molar-refractivity contribution in [2.75, 3.05) is 5.06 Å². The van der Waals surface area contributed by atoms with E-state index in [2.05, 4.69) is 4.98 Å². The van der Waals surface area contributed by atoms with Gasteiger partial charge in [0.25, 0.3) is 0 Å². The molecule has 1 aromatic heterocycles. The maximum atomic E-state index is 11.0. The second-order valence-electron chi connectivity index (χ2n) is 3.73. The van der Waals surface area contributed by atoms with E-state index in [-0.39, 0.29) is 0 Å². The first-order valence-electron chi connectivity index (χ1n) is 4.86. The van der Waals surface area contributed by atoms with Crippen LogP contribution in [0.3, 0.4) is 0 Å². The van der Waals surface area contributed by atoms with Gasteiger partial charge < -0.3 is 0 Å². The number of rotatable bonds is 1. The molecule has 0 saturated carbocycles. The lowest BCUT2D eigenvalue weighted by Gasteiger charge is -2.06. The summed E-state index contributed by atoms with van der Waals surface area (Å²) in [4.78, 5) is 15.2. The maximum Gasteiger partial charge on any atom is 0.249 e. The van der Waals surface area contributed by atoms with Gasteiger partial charge in [0.1, 0.15) is 0 Å². The monoisotopic (exact) mass is 236 g/mol. The van der Waals surface area contributed by atoms with Crippen molar-refractivity contribution in [3.8, 4) is 0 Å². The van der Waals surface area contributed by atoms with Gasteiger partial charge in [-0.3, -0.25) is 10.0 Å². The van der Waals surface area contributed by atoms with Crippen molar-refractivity contribution in [1.29, 1.82) is 0 Å². The van der Waals surface area contributed by atoms with Gasteiger partial charge in [0.15, 0.2) is 0 Å². The van der Waals surface area contributed by atoms with E-state index in [1.807, 2.05) is 26.0 Å². The summed E-state index contributed by atoms with van der Waals surface area (Å²) < 4.78 is 0.971. The summed E-state index contributed by atoms with van der Waals surface area (Å²) in [6.07, 6.45) is 0. The molecule has 0 fully saturated rings. The lowest BCUT2D eigenvalue weighted by molar-refractivity contribution is -0.121. The van der Waals surface area contributed by atoms with E-state index < -0.39 is 5.91 Å². The van der Waals surface area contributed by atoms with E-state index in [9.17, 15) is 10.0 Å². The summed E-state index contributed by atoms with van der Waals surface area (Å²) in [6, 6.07) is 3.97. The van der Waals surface area contributed by atoms with Crippen molar-refractivity contribution >= 4 is 32.6 Å². The van der Waals surface area contributed by atoms with Gasteiger partial charge in [-0.2, -0.15) is 5.06 Å². The Morgan fingerprint density at radius 1 is 1.38 bits per heavy atom. The van der Waals surface area contributed by atoms with Gasteiger partial charge in [0, 0.05) is 6.92 Å². The zero-order chi connectivity index (χ0) is 11.9. The van der Waals surface area contributed by atoms with E-state index in [0.29, 0.717) is 10.2 Å². The molecule has 2 rings (SSSR count). The number of aryl methyl sites for hydroxylation is 2. The highest BCUT2D eigenvalue weighted by Gasteiger charge is 2.14. The fourth-order valence-corrected chi connectivity index (χ4v) is 2.39. The van der Waals surface area contributed by atoms with E-state index in [1.54, 1.807) is 0 Å². The zero-order valence-corrected chi connectivity index (χ0v) is 10.1. The molecule has 0 spiro atoms. The largest absolute Gasteiger partial charge is 0.279 e. The molecule has 5 heteroatoms. The highest BCUT2D eigenvalue weighted by molar-refractivity contribution is 7.22. The van der Waals surface area contributed by atoms with Crippen molar-refractivity contribution < 1.29 is 10.0 Å². The van der Waals surface area contributed by atoms with Gasteiger partial charge in [-0.05, 0) is 37.1 Å². The fraction of sp³-hybridized carbons (Fsp3) is 0.273. The third-order valence-electron chi connectivity index (χ3n) is 2.47. The molecule has 1 N–H and O–H groups in total. The van der Waals surface area contributed by atoms with Crippen LogP contribution < -0.4 is 5.06 Å². The van der Waals surface area contributed by atoms with Crippen LogP contribution in [0.15, 0.2) is 12.1 Å². The number of nitrogens with zero attached hydrogens (tertiary/aromatic N) is 2. The van der Waals surface area contributed by atoms with Crippen molar-refractivity contribution in [3.63, 3.8) is 0 Å². The van der Waals surface area contributed by atoms with Gasteiger partial charge in [-0.1, -0.05) is 11.3 Å². The van der Waals surface area contributed by atoms with Gasteiger partial charge >= 0.3 is 0 Å². The molecule has 84 valence electrons. The Morgan fingerprint density at radius 3 is 2.62 bits per heavy atom. The standard InChI is InChI=1S/C11H12N2O2S/c1-6-4-9-10(5-7(6)2)16-11(12-9)13(15)8(3)14/h4-5,15H,1-3H3. The highest BCUT2D eigenvalue weighted by Crippen LogP contribution is 2.29. The van der Waals surface area contributed by atoms with Crippen molar-refractivity contribution in [1.82, 2.24) is 4.98 Å². The minimum Gasteiger partial charge on any atom is -0.279 e. The van der Waals surface area contributed by atoms with E-state index in [0.717, 1.165) is 15.8 Å². The molecule has 1 amide bonds. The van der Waals surface area contributed by atoms with Crippen LogP contribution in [-0.2, 0) is 4.79 Å². The fourth-order valence-electron chi connectivity index (χ4n) is 1.39. The van der Waals surface area contributed by atoms with E-state index in [1.165, 1.54) is 23.8 Å². The Labute approximate surface area is 97.1 Å². The van der Waals surface area contributed by atoms with Crippen molar-refractivity contribution in [2.24, 2.45) is 0 Å².